The molecule has 1 heterocycles. The molecule has 0 radical (unpaired) electrons. The summed E-state index contributed by atoms with van der Waals surface area (Å²) in [5.41, 5.74) is 1.04. The van der Waals surface area contributed by atoms with Gasteiger partial charge in [0.2, 0.25) is 0 Å². The molecule has 114 valence electrons. The maximum Gasteiger partial charge on any atom is 0.410 e. The normalized spacial score (nSPS) is 21.8. The summed E-state index contributed by atoms with van der Waals surface area (Å²) >= 11 is 0. The highest BCUT2D eigenvalue weighted by Crippen LogP contribution is 2.29. The summed E-state index contributed by atoms with van der Waals surface area (Å²) in [6.07, 6.45) is 4.53. The minimum absolute atomic E-state index is 0.146. The van der Waals surface area contributed by atoms with Crippen LogP contribution >= 0.6 is 0 Å². The Bertz CT molecular complexity index is 453. The molecule has 0 spiro atoms. The van der Waals surface area contributed by atoms with Crippen LogP contribution in [0.3, 0.4) is 0 Å². The Morgan fingerprint density at radius 1 is 1.24 bits per heavy atom. The Morgan fingerprint density at radius 2 is 2.05 bits per heavy atom. The van der Waals surface area contributed by atoms with Gasteiger partial charge in [0.15, 0.2) is 0 Å². The van der Waals surface area contributed by atoms with Gasteiger partial charge in [0.25, 0.3) is 0 Å². The van der Waals surface area contributed by atoms with E-state index >= 15 is 0 Å². The van der Waals surface area contributed by atoms with Crippen molar-refractivity contribution in [2.24, 2.45) is 5.92 Å². The first-order valence-corrected chi connectivity index (χ1v) is 8.01. The van der Waals surface area contributed by atoms with Gasteiger partial charge in [0.05, 0.1) is 0 Å². The van der Waals surface area contributed by atoms with E-state index < -0.39 is 0 Å². The first-order chi connectivity index (χ1) is 10.3. The summed E-state index contributed by atoms with van der Waals surface area (Å²) < 4.78 is 5.50. The van der Waals surface area contributed by atoms with Gasteiger partial charge in [-0.15, -0.1) is 0 Å². The molecule has 1 aliphatic heterocycles. The molecule has 2 fully saturated rings. The number of carbonyl (C=O) groups is 1. The number of piperidine rings is 1. The van der Waals surface area contributed by atoms with Crippen molar-refractivity contribution in [2.75, 3.05) is 19.6 Å². The summed E-state index contributed by atoms with van der Waals surface area (Å²) in [5.74, 6) is 0.573. The maximum atomic E-state index is 12.4. The zero-order valence-electron chi connectivity index (χ0n) is 12.5. The minimum atomic E-state index is -0.146. The molecule has 0 aromatic heterocycles. The molecule has 1 saturated carbocycles. The van der Waals surface area contributed by atoms with Gasteiger partial charge in [-0.1, -0.05) is 30.3 Å². The number of hydrogen-bond acceptors (Lipinski definition) is 3. The van der Waals surface area contributed by atoms with E-state index in [1.807, 2.05) is 35.2 Å². The van der Waals surface area contributed by atoms with E-state index in [0.717, 1.165) is 38.0 Å². The van der Waals surface area contributed by atoms with E-state index in [4.69, 9.17) is 4.74 Å². The third kappa shape index (κ3) is 4.21. The second-order valence-corrected chi connectivity index (χ2v) is 6.14. The molecule has 1 aromatic carbocycles. The molecule has 1 atom stereocenters. The topological polar surface area (TPSA) is 41.6 Å². The van der Waals surface area contributed by atoms with E-state index in [9.17, 15) is 4.79 Å². The molecule has 1 aromatic rings. The van der Waals surface area contributed by atoms with Crippen molar-refractivity contribution in [1.29, 1.82) is 0 Å². The van der Waals surface area contributed by atoms with Crippen LogP contribution in [0.1, 0.15) is 31.2 Å². The molecular formula is C17H24N2O2. The van der Waals surface area contributed by atoms with Crippen LogP contribution in [-0.2, 0) is 11.3 Å². The van der Waals surface area contributed by atoms with Crippen LogP contribution in [0.5, 0.6) is 0 Å². The average Bonchev–Trinajstić information content (AvgIpc) is 3.37. The van der Waals surface area contributed by atoms with Crippen molar-refractivity contribution >= 4 is 6.09 Å². The second kappa shape index (κ2) is 6.94. The van der Waals surface area contributed by atoms with E-state index in [0.29, 0.717) is 18.6 Å². The van der Waals surface area contributed by atoms with E-state index in [2.05, 4.69) is 5.32 Å². The number of amides is 1. The van der Waals surface area contributed by atoms with Crippen LogP contribution in [0.2, 0.25) is 0 Å². The SMILES string of the molecule is O=C(OCc1ccccc1)N(CC1CCCNC1)C1CC1. The number of carbonyl (C=O) groups excluding carboxylic acids is 1. The zero-order valence-corrected chi connectivity index (χ0v) is 12.5. The van der Waals surface area contributed by atoms with E-state index in [1.165, 1.54) is 12.8 Å². The number of hydrogen-bond donors (Lipinski definition) is 1. The second-order valence-electron chi connectivity index (χ2n) is 6.14. The van der Waals surface area contributed by atoms with Crippen LogP contribution in [0, 0.1) is 5.92 Å². The van der Waals surface area contributed by atoms with Crippen LogP contribution in [0.15, 0.2) is 30.3 Å². The summed E-state index contributed by atoms with van der Waals surface area (Å²) in [5, 5.41) is 3.42. The lowest BCUT2D eigenvalue weighted by atomic mass is 9.99. The fraction of sp³-hybridized carbons (Fsp3) is 0.588. The molecule has 0 bridgehead atoms. The number of benzene rings is 1. The first kappa shape index (κ1) is 14.4. The van der Waals surface area contributed by atoms with E-state index in [1.54, 1.807) is 0 Å². The number of ether oxygens (including phenoxy) is 1. The number of nitrogens with one attached hydrogen (secondary N) is 1. The zero-order chi connectivity index (χ0) is 14.5. The summed E-state index contributed by atoms with van der Waals surface area (Å²) in [4.78, 5) is 14.3. The lowest BCUT2D eigenvalue weighted by molar-refractivity contribution is 0.0852. The van der Waals surface area contributed by atoms with Crippen molar-refractivity contribution < 1.29 is 9.53 Å². The van der Waals surface area contributed by atoms with Crippen molar-refractivity contribution in [2.45, 2.75) is 38.3 Å². The molecular weight excluding hydrogens is 264 g/mol. The maximum absolute atomic E-state index is 12.4. The Labute approximate surface area is 126 Å². The molecule has 1 N–H and O–H groups in total. The third-order valence-corrected chi connectivity index (χ3v) is 4.28. The van der Waals surface area contributed by atoms with Crippen molar-refractivity contribution in [1.82, 2.24) is 10.2 Å². The van der Waals surface area contributed by atoms with Gasteiger partial charge in [-0.05, 0) is 50.3 Å². The number of rotatable bonds is 5. The molecule has 4 nitrogen and oxygen atoms in total. The molecule has 1 aliphatic carbocycles. The van der Waals surface area contributed by atoms with Gasteiger partial charge in [-0.25, -0.2) is 4.79 Å². The van der Waals surface area contributed by atoms with Crippen LogP contribution in [0.25, 0.3) is 0 Å². The molecule has 1 saturated heterocycles. The highest BCUT2D eigenvalue weighted by molar-refractivity contribution is 5.68. The van der Waals surface area contributed by atoms with Gasteiger partial charge in [-0.2, -0.15) is 0 Å². The van der Waals surface area contributed by atoms with Crippen molar-refractivity contribution in [3.63, 3.8) is 0 Å². The highest BCUT2D eigenvalue weighted by atomic mass is 16.6. The van der Waals surface area contributed by atoms with Crippen LogP contribution in [-0.4, -0.2) is 36.7 Å². The van der Waals surface area contributed by atoms with E-state index in [-0.39, 0.29) is 6.09 Å². The summed E-state index contributed by atoms with van der Waals surface area (Å²) in [6.45, 7) is 3.34. The first-order valence-electron chi connectivity index (χ1n) is 8.01. The molecule has 3 rings (SSSR count). The van der Waals surface area contributed by atoms with Gasteiger partial charge in [0, 0.05) is 12.6 Å². The summed E-state index contributed by atoms with van der Waals surface area (Å²) in [7, 11) is 0. The fourth-order valence-electron chi connectivity index (χ4n) is 2.92. The Morgan fingerprint density at radius 3 is 2.71 bits per heavy atom. The standard InChI is InChI=1S/C17H24N2O2/c20-17(21-13-14-5-2-1-3-6-14)19(16-8-9-16)12-15-7-4-10-18-11-15/h1-3,5-6,15-16,18H,4,7-13H2. The fourth-order valence-corrected chi connectivity index (χ4v) is 2.92. The predicted octanol–water partition coefficient (Wildman–Crippen LogP) is 2.79. The Balaban J connectivity index is 1.52. The minimum Gasteiger partial charge on any atom is -0.445 e. The average molecular weight is 288 g/mol. The van der Waals surface area contributed by atoms with Gasteiger partial charge in [-0.3, -0.25) is 0 Å². The molecule has 4 heteroatoms. The predicted molar refractivity (Wildman–Crippen MR) is 81.9 cm³/mol. The van der Waals surface area contributed by atoms with Gasteiger partial charge >= 0.3 is 6.09 Å². The lowest BCUT2D eigenvalue weighted by Crippen LogP contribution is -2.42. The highest BCUT2D eigenvalue weighted by Gasteiger charge is 2.35. The summed E-state index contributed by atoms with van der Waals surface area (Å²) in [6, 6.07) is 10.3. The Kier molecular flexibility index (Phi) is 4.76. The van der Waals surface area contributed by atoms with Crippen molar-refractivity contribution in [3.05, 3.63) is 35.9 Å². The molecule has 1 unspecified atom stereocenters. The largest absolute Gasteiger partial charge is 0.445 e. The molecule has 21 heavy (non-hydrogen) atoms. The van der Waals surface area contributed by atoms with Gasteiger partial charge in [0.1, 0.15) is 6.61 Å². The van der Waals surface area contributed by atoms with Gasteiger partial charge < -0.3 is 15.0 Å². The quantitative estimate of drug-likeness (QED) is 0.906. The smallest absolute Gasteiger partial charge is 0.410 e. The molecule has 1 amide bonds. The van der Waals surface area contributed by atoms with Crippen molar-refractivity contribution in [3.8, 4) is 0 Å². The lowest BCUT2D eigenvalue weighted by Gasteiger charge is -2.29. The van der Waals surface area contributed by atoms with Crippen LogP contribution < -0.4 is 5.32 Å². The molecule has 2 aliphatic rings. The third-order valence-electron chi connectivity index (χ3n) is 4.28. The number of nitrogens with zero attached hydrogens (tertiary/aromatic N) is 1. The monoisotopic (exact) mass is 288 g/mol. The van der Waals surface area contributed by atoms with Crippen LogP contribution in [0.4, 0.5) is 4.79 Å². The Hall–Kier alpha value is -1.55.